The minimum atomic E-state index is -0.0192. The van der Waals surface area contributed by atoms with Gasteiger partial charge in [-0.2, -0.15) is 11.8 Å². The van der Waals surface area contributed by atoms with E-state index in [0.717, 1.165) is 17.8 Å². The molecule has 2 atom stereocenters. The van der Waals surface area contributed by atoms with Crippen molar-refractivity contribution < 1.29 is 0 Å². The van der Waals surface area contributed by atoms with E-state index in [2.05, 4.69) is 22.2 Å². The lowest BCUT2D eigenvalue weighted by Crippen LogP contribution is -2.36. The van der Waals surface area contributed by atoms with Gasteiger partial charge in [0.1, 0.15) is 5.82 Å². The molecule has 2 N–H and O–H groups in total. The number of hydrogen-bond donors (Lipinski definition) is 2. The van der Waals surface area contributed by atoms with Crippen LogP contribution in [-0.2, 0) is 0 Å². The molecule has 1 aromatic heterocycles. The SMILES string of the molecule is Cc1nc(C)c(C(C)NCC2(C)CCCS2)c(=O)[nH]1. The fraction of sp³-hybridized carbons (Fsp3) is 0.714. The topological polar surface area (TPSA) is 57.8 Å². The molecule has 0 spiro atoms. The summed E-state index contributed by atoms with van der Waals surface area (Å²) < 4.78 is 0.313. The predicted molar refractivity (Wildman–Crippen MR) is 80.8 cm³/mol. The number of nitrogens with one attached hydrogen (secondary N) is 2. The van der Waals surface area contributed by atoms with Gasteiger partial charge in [-0.3, -0.25) is 4.79 Å². The highest BCUT2D eigenvalue weighted by atomic mass is 32.2. The van der Waals surface area contributed by atoms with Crippen molar-refractivity contribution in [3.05, 3.63) is 27.4 Å². The monoisotopic (exact) mass is 281 g/mol. The summed E-state index contributed by atoms with van der Waals surface area (Å²) in [5, 5.41) is 3.50. The van der Waals surface area contributed by atoms with Gasteiger partial charge in [0.2, 0.25) is 0 Å². The molecule has 4 nitrogen and oxygen atoms in total. The molecule has 2 unspecified atom stereocenters. The van der Waals surface area contributed by atoms with Gasteiger partial charge in [-0.15, -0.1) is 0 Å². The van der Waals surface area contributed by atoms with Crippen LogP contribution >= 0.6 is 11.8 Å². The second-order valence-corrected chi connectivity index (χ2v) is 7.34. The van der Waals surface area contributed by atoms with Crippen LogP contribution in [0.2, 0.25) is 0 Å². The third-order valence-corrected chi connectivity index (χ3v) is 5.32. The average Bonchev–Trinajstić information content (AvgIpc) is 2.73. The molecule has 1 aliphatic heterocycles. The lowest BCUT2D eigenvalue weighted by molar-refractivity contribution is 0.485. The zero-order valence-corrected chi connectivity index (χ0v) is 13.0. The Balaban J connectivity index is 2.08. The third-order valence-electron chi connectivity index (χ3n) is 3.78. The lowest BCUT2D eigenvalue weighted by Gasteiger charge is -2.26. The normalized spacial score (nSPS) is 24.6. The van der Waals surface area contributed by atoms with Crippen molar-refractivity contribution in [2.24, 2.45) is 0 Å². The Morgan fingerprint density at radius 3 is 2.84 bits per heavy atom. The molecular weight excluding hydrogens is 258 g/mol. The molecule has 0 amide bonds. The number of aryl methyl sites for hydroxylation is 2. The van der Waals surface area contributed by atoms with Crippen LogP contribution in [0.1, 0.15) is 49.8 Å². The first-order valence-electron chi connectivity index (χ1n) is 6.86. The van der Waals surface area contributed by atoms with E-state index < -0.39 is 0 Å². The van der Waals surface area contributed by atoms with E-state index in [4.69, 9.17) is 0 Å². The van der Waals surface area contributed by atoms with Crippen LogP contribution in [0.5, 0.6) is 0 Å². The minimum Gasteiger partial charge on any atom is -0.310 e. The fourth-order valence-corrected chi connectivity index (χ4v) is 3.95. The Bertz CT molecular complexity index is 506. The molecule has 2 rings (SSSR count). The van der Waals surface area contributed by atoms with Crippen LogP contribution in [0.25, 0.3) is 0 Å². The molecule has 0 bridgehead atoms. The van der Waals surface area contributed by atoms with Gasteiger partial charge in [-0.1, -0.05) is 0 Å². The molecule has 19 heavy (non-hydrogen) atoms. The molecule has 1 fully saturated rings. The van der Waals surface area contributed by atoms with Gasteiger partial charge in [-0.25, -0.2) is 4.98 Å². The van der Waals surface area contributed by atoms with Crippen molar-refractivity contribution in [3.63, 3.8) is 0 Å². The second kappa shape index (κ2) is 5.67. The van der Waals surface area contributed by atoms with E-state index in [0.29, 0.717) is 10.6 Å². The smallest absolute Gasteiger partial charge is 0.255 e. The summed E-state index contributed by atoms with van der Waals surface area (Å²) in [7, 11) is 0. The largest absolute Gasteiger partial charge is 0.310 e. The van der Waals surface area contributed by atoms with Crippen molar-refractivity contribution in [2.45, 2.75) is 51.3 Å². The molecule has 0 saturated carbocycles. The maximum atomic E-state index is 12.0. The summed E-state index contributed by atoms with van der Waals surface area (Å²) in [6.45, 7) is 8.99. The van der Waals surface area contributed by atoms with Gasteiger partial charge in [0.05, 0.1) is 5.56 Å². The summed E-state index contributed by atoms with van der Waals surface area (Å²) in [6, 6.07) is 0.0369. The zero-order chi connectivity index (χ0) is 14.0. The standard InChI is InChI=1S/C14H23N3OS/c1-9(15-8-14(4)6-5-7-19-14)12-10(2)16-11(3)17-13(12)18/h9,15H,5-8H2,1-4H3,(H,16,17,18). The summed E-state index contributed by atoms with van der Waals surface area (Å²) in [4.78, 5) is 19.2. The van der Waals surface area contributed by atoms with Crippen LogP contribution in [0.15, 0.2) is 4.79 Å². The van der Waals surface area contributed by atoms with Gasteiger partial charge in [0, 0.05) is 23.0 Å². The molecule has 1 saturated heterocycles. The highest BCUT2D eigenvalue weighted by Crippen LogP contribution is 2.37. The molecule has 5 heteroatoms. The number of aromatic nitrogens is 2. The summed E-state index contributed by atoms with van der Waals surface area (Å²) in [5.74, 6) is 1.93. The predicted octanol–water partition coefficient (Wildman–Crippen LogP) is 2.32. The average molecular weight is 281 g/mol. The van der Waals surface area contributed by atoms with Crippen LogP contribution in [0.3, 0.4) is 0 Å². The summed E-state index contributed by atoms with van der Waals surface area (Å²) >= 11 is 2.03. The Morgan fingerprint density at radius 2 is 2.26 bits per heavy atom. The molecule has 106 valence electrons. The lowest BCUT2D eigenvalue weighted by atomic mass is 10.0. The fourth-order valence-electron chi connectivity index (χ4n) is 2.69. The summed E-state index contributed by atoms with van der Waals surface area (Å²) in [5.41, 5.74) is 1.57. The van der Waals surface area contributed by atoms with Crippen molar-refractivity contribution >= 4 is 11.8 Å². The number of thioether (sulfide) groups is 1. The molecule has 1 aromatic rings. The van der Waals surface area contributed by atoms with E-state index in [1.54, 1.807) is 0 Å². The van der Waals surface area contributed by atoms with Crippen molar-refractivity contribution in [1.82, 2.24) is 15.3 Å². The van der Waals surface area contributed by atoms with Gasteiger partial charge >= 0.3 is 0 Å². The van der Waals surface area contributed by atoms with E-state index in [-0.39, 0.29) is 11.6 Å². The van der Waals surface area contributed by atoms with Crippen molar-refractivity contribution in [2.75, 3.05) is 12.3 Å². The highest BCUT2D eigenvalue weighted by molar-refractivity contribution is 8.00. The highest BCUT2D eigenvalue weighted by Gasteiger charge is 2.30. The van der Waals surface area contributed by atoms with Gasteiger partial charge in [-0.05, 0) is 46.3 Å². The van der Waals surface area contributed by atoms with E-state index in [1.807, 2.05) is 32.5 Å². The Morgan fingerprint density at radius 1 is 1.53 bits per heavy atom. The van der Waals surface area contributed by atoms with E-state index in [9.17, 15) is 4.79 Å². The van der Waals surface area contributed by atoms with Gasteiger partial charge < -0.3 is 10.3 Å². The molecule has 0 radical (unpaired) electrons. The minimum absolute atomic E-state index is 0.0192. The quantitative estimate of drug-likeness (QED) is 0.889. The second-order valence-electron chi connectivity index (χ2n) is 5.65. The van der Waals surface area contributed by atoms with Crippen LogP contribution in [-0.4, -0.2) is 27.0 Å². The van der Waals surface area contributed by atoms with Crippen molar-refractivity contribution in [3.8, 4) is 0 Å². The molecule has 1 aliphatic rings. The molecule has 2 heterocycles. The molecule has 0 aliphatic carbocycles. The first-order chi connectivity index (χ1) is 8.91. The van der Waals surface area contributed by atoms with Crippen molar-refractivity contribution in [1.29, 1.82) is 0 Å². The Labute approximate surface area is 118 Å². The first kappa shape index (κ1) is 14.6. The Kier molecular flexibility index (Phi) is 4.36. The van der Waals surface area contributed by atoms with Gasteiger partial charge in [0.25, 0.3) is 5.56 Å². The number of aromatic amines is 1. The summed E-state index contributed by atoms with van der Waals surface area (Å²) in [6.07, 6.45) is 2.54. The maximum Gasteiger partial charge on any atom is 0.255 e. The number of nitrogens with zero attached hydrogens (tertiary/aromatic N) is 1. The van der Waals surface area contributed by atoms with Crippen LogP contribution in [0.4, 0.5) is 0 Å². The Hall–Kier alpha value is -0.810. The molecule has 0 aromatic carbocycles. The number of rotatable bonds is 4. The van der Waals surface area contributed by atoms with E-state index >= 15 is 0 Å². The third kappa shape index (κ3) is 3.39. The van der Waals surface area contributed by atoms with Crippen LogP contribution < -0.4 is 10.9 Å². The zero-order valence-electron chi connectivity index (χ0n) is 12.2. The van der Waals surface area contributed by atoms with E-state index in [1.165, 1.54) is 18.6 Å². The van der Waals surface area contributed by atoms with Gasteiger partial charge in [0.15, 0.2) is 0 Å². The van der Waals surface area contributed by atoms with Crippen LogP contribution in [0, 0.1) is 13.8 Å². The first-order valence-corrected chi connectivity index (χ1v) is 7.85. The number of hydrogen-bond acceptors (Lipinski definition) is 4. The number of H-pyrrole nitrogens is 1. The molecular formula is C14H23N3OS. The maximum absolute atomic E-state index is 12.0.